The summed E-state index contributed by atoms with van der Waals surface area (Å²) < 4.78 is 36.6. The number of methoxy groups -OCH3 is 1. The summed E-state index contributed by atoms with van der Waals surface area (Å²) in [6.07, 6.45) is -1.26. The van der Waals surface area contributed by atoms with E-state index in [9.17, 15) is 18.4 Å². The van der Waals surface area contributed by atoms with E-state index in [-0.39, 0.29) is 12.0 Å². The molecule has 0 aliphatic rings. The highest BCUT2D eigenvalue weighted by Gasteiger charge is 2.26. The van der Waals surface area contributed by atoms with Gasteiger partial charge in [0, 0.05) is 12.5 Å². The molecule has 23 heavy (non-hydrogen) atoms. The number of hydrogen-bond acceptors (Lipinski definition) is 5. The van der Waals surface area contributed by atoms with E-state index >= 15 is 0 Å². The smallest absolute Gasteiger partial charge is 0.408 e. The molecule has 0 aliphatic heterocycles. The van der Waals surface area contributed by atoms with Gasteiger partial charge >= 0.3 is 12.1 Å². The Morgan fingerprint density at radius 2 is 1.87 bits per heavy atom. The summed E-state index contributed by atoms with van der Waals surface area (Å²) in [4.78, 5) is 23.5. The minimum Gasteiger partial charge on any atom is -0.505 e. The molecular formula is C15H19F2NO5. The number of halogens is 2. The average Bonchev–Trinajstić information content (AvgIpc) is 2.40. The standard InChI is InChI=1S/C15H19F2NO5/c1-15(2,3)23-14(21)18-11(13(20)22-4)6-8-5-10(17)12(19)7-9(8)16/h5,7,11,19H,6H2,1-4H3,(H,18,21)/t11-/m0/s1. The number of phenolic OH excluding ortho intramolecular Hbond substituents is 1. The minimum atomic E-state index is -1.27. The van der Waals surface area contributed by atoms with Crippen molar-refractivity contribution >= 4 is 12.1 Å². The van der Waals surface area contributed by atoms with Gasteiger partial charge in [0.1, 0.15) is 17.5 Å². The molecule has 128 valence electrons. The Morgan fingerprint density at radius 3 is 2.39 bits per heavy atom. The third-order valence-corrected chi connectivity index (χ3v) is 2.72. The number of esters is 1. The number of aromatic hydroxyl groups is 1. The first-order chi connectivity index (χ1) is 10.5. The molecule has 1 aromatic carbocycles. The second-order valence-electron chi connectivity index (χ2n) is 5.82. The van der Waals surface area contributed by atoms with Crippen molar-refractivity contribution in [3.8, 4) is 5.75 Å². The Balaban J connectivity index is 2.94. The van der Waals surface area contributed by atoms with Gasteiger partial charge in [-0.15, -0.1) is 0 Å². The number of alkyl carbamates (subject to hydrolysis) is 1. The van der Waals surface area contributed by atoms with Gasteiger partial charge < -0.3 is 19.9 Å². The third-order valence-electron chi connectivity index (χ3n) is 2.72. The molecule has 0 heterocycles. The van der Waals surface area contributed by atoms with Gasteiger partial charge in [-0.3, -0.25) is 0 Å². The van der Waals surface area contributed by atoms with Crippen LogP contribution in [-0.2, 0) is 20.7 Å². The zero-order valence-corrected chi connectivity index (χ0v) is 13.3. The first kappa shape index (κ1) is 18.7. The quantitative estimate of drug-likeness (QED) is 0.827. The van der Waals surface area contributed by atoms with Gasteiger partial charge in [-0.25, -0.2) is 18.4 Å². The molecule has 0 aromatic heterocycles. The van der Waals surface area contributed by atoms with Gasteiger partial charge in [0.05, 0.1) is 7.11 Å². The van der Waals surface area contributed by atoms with E-state index in [1.807, 2.05) is 0 Å². The summed E-state index contributed by atoms with van der Waals surface area (Å²) in [6.45, 7) is 4.90. The maximum Gasteiger partial charge on any atom is 0.408 e. The summed E-state index contributed by atoms with van der Waals surface area (Å²) in [5.74, 6) is -3.64. The van der Waals surface area contributed by atoms with E-state index in [4.69, 9.17) is 9.84 Å². The maximum absolute atomic E-state index is 13.7. The third kappa shape index (κ3) is 5.72. The highest BCUT2D eigenvalue weighted by Crippen LogP contribution is 2.21. The lowest BCUT2D eigenvalue weighted by molar-refractivity contribution is -0.143. The number of rotatable bonds is 4. The van der Waals surface area contributed by atoms with Crippen LogP contribution in [0.15, 0.2) is 12.1 Å². The molecule has 1 rings (SSSR count). The predicted molar refractivity (Wildman–Crippen MR) is 76.9 cm³/mol. The average molecular weight is 331 g/mol. The zero-order chi connectivity index (χ0) is 17.8. The molecule has 6 nitrogen and oxygen atoms in total. The molecule has 0 spiro atoms. The lowest BCUT2D eigenvalue weighted by Crippen LogP contribution is -2.45. The number of ether oxygens (including phenoxy) is 2. The fourth-order valence-corrected chi connectivity index (χ4v) is 1.74. The predicted octanol–water partition coefficient (Wildman–Crippen LogP) is 2.28. The monoisotopic (exact) mass is 331 g/mol. The largest absolute Gasteiger partial charge is 0.505 e. The Labute approximate surface area is 132 Å². The lowest BCUT2D eigenvalue weighted by Gasteiger charge is -2.22. The molecule has 0 saturated carbocycles. The van der Waals surface area contributed by atoms with Crippen LogP contribution in [0, 0.1) is 11.6 Å². The van der Waals surface area contributed by atoms with Gasteiger partial charge in [0.25, 0.3) is 0 Å². The fraction of sp³-hybridized carbons (Fsp3) is 0.467. The van der Waals surface area contributed by atoms with Crippen molar-refractivity contribution < 1.29 is 33.0 Å². The minimum absolute atomic E-state index is 0.202. The van der Waals surface area contributed by atoms with E-state index in [0.29, 0.717) is 6.07 Å². The summed E-state index contributed by atoms with van der Waals surface area (Å²) in [5, 5.41) is 11.3. The molecule has 0 unspecified atom stereocenters. The Kier molecular flexibility index (Phi) is 5.89. The first-order valence-electron chi connectivity index (χ1n) is 6.77. The van der Waals surface area contributed by atoms with Crippen molar-refractivity contribution in [2.75, 3.05) is 7.11 Å². The molecule has 0 fully saturated rings. The van der Waals surface area contributed by atoms with Crippen LogP contribution < -0.4 is 5.32 Å². The van der Waals surface area contributed by atoms with Crippen molar-refractivity contribution in [2.45, 2.75) is 38.8 Å². The first-order valence-corrected chi connectivity index (χ1v) is 6.77. The van der Waals surface area contributed by atoms with Crippen LogP contribution in [0.4, 0.5) is 13.6 Å². The van der Waals surface area contributed by atoms with E-state index in [0.717, 1.165) is 13.2 Å². The van der Waals surface area contributed by atoms with E-state index in [1.165, 1.54) is 0 Å². The van der Waals surface area contributed by atoms with E-state index in [2.05, 4.69) is 10.1 Å². The van der Waals surface area contributed by atoms with Crippen LogP contribution >= 0.6 is 0 Å². The molecule has 0 saturated heterocycles. The Bertz CT molecular complexity index is 598. The zero-order valence-electron chi connectivity index (χ0n) is 13.3. The number of carbonyl (C=O) groups is 2. The van der Waals surface area contributed by atoms with Gasteiger partial charge in [-0.1, -0.05) is 0 Å². The molecule has 1 amide bonds. The van der Waals surface area contributed by atoms with Gasteiger partial charge in [-0.2, -0.15) is 0 Å². The molecular weight excluding hydrogens is 312 g/mol. The van der Waals surface area contributed by atoms with Crippen LogP contribution in [0.1, 0.15) is 26.3 Å². The highest BCUT2D eigenvalue weighted by atomic mass is 19.1. The van der Waals surface area contributed by atoms with Gasteiger partial charge in [-0.05, 0) is 32.4 Å². The van der Waals surface area contributed by atoms with Gasteiger partial charge in [0.15, 0.2) is 11.6 Å². The second-order valence-corrected chi connectivity index (χ2v) is 5.82. The van der Waals surface area contributed by atoms with Crippen molar-refractivity contribution in [2.24, 2.45) is 0 Å². The lowest BCUT2D eigenvalue weighted by atomic mass is 10.0. The molecule has 2 N–H and O–H groups in total. The summed E-state index contributed by atoms with van der Waals surface area (Å²) >= 11 is 0. The van der Waals surface area contributed by atoms with Crippen molar-refractivity contribution in [3.63, 3.8) is 0 Å². The summed E-state index contributed by atoms with van der Waals surface area (Å²) in [6, 6.07) is 0.0671. The number of nitrogens with one attached hydrogen (secondary N) is 1. The highest BCUT2D eigenvalue weighted by molar-refractivity contribution is 5.81. The fourth-order valence-electron chi connectivity index (χ4n) is 1.74. The van der Waals surface area contributed by atoms with Gasteiger partial charge in [0.2, 0.25) is 0 Å². The van der Waals surface area contributed by atoms with E-state index in [1.54, 1.807) is 20.8 Å². The number of benzene rings is 1. The number of hydrogen-bond donors (Lipinski definition) is 2. The van der Waals surface area contributed by atoms with Crippen LogP contribution in [0.5, 0.6) is 5.75 Å². The van der Waals surface area contributed by atoms with Crippen molar-refractivity contribution in [1.82, 2.24) is 5.32 Å². The topological polar surface area (TPSA) is 84.9 Å². The number of amides is 1. The van der Waals surface area contributed by atoms with Crippen LogP contribution in [0.25, 0.3) is 0 Å². The summed E-state index contributed by atoms with van der Waals surface area (Å²) in [5.41, 5.74) is -0.993. The van der Waals surface area contributed by atoms with Crippen LogP contribution in [-0.4, -0.2) is 35.9 Å². The molecule has 1 atom stereocenters. The van der Waals surface area contributed by atoms with Crippen LogP contribution in [0.3, 0.4) is 0 Å². The SMILES string of the molecule is COC(=O)[C@H](Cc1cc(F)c(O)cc1F)NC(=O)OC(C)(C)C. The van der Waals surface area contributed by atoms with Crippen molar-refractivity contribution in [1.29, 1.82) is 0 Å². The van der Waals surface area contributed by atoms with Crippen molar-refractivity contribution in [3.05, 3.63) is 29.3 Å². The maximum atomic E-state index is 13.7. The Hall–Kier alpha value is -2.38. The normalized spacial score (nSPS) is 12.4. The molecule has 0 bridgehead atoms. The Morgan fingerprint density at radius 1 is 1.26 bits per heavy atom. The molecule has 0 radical (unpaired) electrons. The van der Waals surface area contributed by atoms with Crippen LogP contribution in [0.2, 0.25) is 0 Å². The molecule has 1 aromatic rings. The second kappa shape index (κ2) is 7.26. The number of carbonyl (C=O) groups excluding carboxylic acids is 2. The van der Waals surface area contributed by atoms with E-state index < -0.39 is 41.1 Å². The summed E-state index contributed by atoms with van der Waals surface area (Å²) in [7, 11) is 1.10. The number of phenols is 1. The molecule has 8 heteroatoms. The molecule has 0 aliphatic carbocycles.